The summed E-state index contributed by atoms with van der Waals surface area (Å²) in [6.45, 7) is 0.298. The highest BCUT2D eigenvalue weighted by Crippen LogP contribution is 2.32. The number of aromatic nitrogens is 6. The number of fused-ring (bicyclic) bond motifs is 4. The fraction of sp³-hybridized carbons (Fsp3) is 0.190. The zero-order valence-corrected chi connectivity index (χ0v) is 18.8. The summed E-state index contributed by atoms with van der Waals surface area (Å²) in [5.41, 5.74) is 4.82. The van der Waals surface area contributed by atoms with E-state index in [1.165, 1.54) is 4.68 Å². The van der Waals surface area contributed by atoms with Gasteiger partial charge in [0.25, 0.3) is 5.56 Å². The third-order valence-corrected chi connectivity index (χ3v) is 8.16. The highest BCUT2D eigenvalue weighted by Gasteiger charge is 2.23. The van der Waals surface area contributed by atoms with Crippen LogP contribution in [0.1, 0.15) is 21.8 Å². The summed E-state index contributed by atoms with van der Waals surface area (Å²) in [5.74, 6) is 4.11. The second kappa shape index (κ2) is 6.78. The molecule has 0 saturated heterocycles. The molecule has 0 spiro atoms. The highest BCUT2D eigenvalue weighted by molar-refractivity contribution is 8.01. The molecule has 1 aliphatic heterocycles. The van der Waals surface area contributed by atoms with Crippen molar-refractivity contribution in [2.75, 3.05) is 4.72 Å². The molecule has 5 heterocycles. The van der Waals surface area contributed by atoms with Crippen molar-refractivity contribution >= 4 is 53.9 Å². The van der Waals surface area contributed by atoms with E-state index in [9.17, 15) is 9.00 Å². The van der Waals surface area contributed by atoms with Crippen molar-refractivity contribution in [1.82, 2.24) is 29.5 Å². The molecule has 2 N–H and O–H groups in total. The van der Waals surface area contributed by atoms with Gasteiger partial charge in [-0.25, -0.2) is 13.9 Å². The van der Waals surface area contributed by atoms with Crippen molar-refractivity contribution in [3.05, 3.63) is 68.8 Å². The van der Waals surface area contributed by atoms with Gasteiger partial charge in [-0.05, 0) is 29.1 Å². The molecule has 0 radical (unpaired) electrons. The van der Waals surface area contributed by atoms with E-state index in [4.69, 9.17) is 4.98 Å². The Morgan fingerprint density at radius 2 is 2.19 bits per heavy atom. The van der Waals surface area contributed by atoms with Crippen LogP contribution in [0.15, 0.2) is 41.5 Å². The van der Waals surface area contributed by atoms with Crippen LogP contribution in [0.25, 0.3) is 21.3 Å². The topological polar surface area (TPSA) is 110 Å². The van der Waals surface area contributed by atoms with Crippen molar-refractivity contribution < 1.29 is 4.21 Å². The molecule has 0 bridgehead atoms. The van der Waals surface area contributed by atoms with Crippen molar-refractivity contribution in [1.29, 1.82) is 0 Å². The summed E-state index contributed by atoms with van der Waals surface area (Å²) >= 11 is 1.57. The van der Waals surface area contributed by atoms with Gasteiger partial charge in [0.15, 0.2) is 5.65 Å². The molecule has 32 heavy (non-hydrogen) atoms. The van der Waals surface area contributed by atoms with E-state index < -0.39 is 9.71 Å². The number of nitrogens with one attached hydrogen (secondary N) is 2. The predicted octanol–water partition coefficient (Wildman–Crippen LogP) is 2.26. The molecule has 1 aliphatic rings. The van der Waals surface area contributed by atoms with Gasteiger partial charge in [-0.1, -0.05) is 12.1 Å². The van der Waals surface area contributed by atoms with E-state index in [1.807, 2.05) is 35.9 Å². The fourth-order valence-corrected chi connectivity index (χ4v) is 6.85. The second-order valence-corrected chi connectivity index (χ2v) is 11.1. The smallest absolute Gasteiger partial charge is 0.291 e. The lowest BCUT2D eigenvalue weighted by molar-refractivity contribution is 0.641. The molecule has 0 aliphatic carbocycles. The molecule has 11 heteroatoms. The first-order chi connectivity index (χ1) is 15.4. The molecule has 0 saturated carbocycles. The number of H-pyrrole nitrogens is 1. The molecule has 1 unspecified atom stereocenters. The van der Waals surface area contributed by atoms with Crippen LogP contribution in [-0.4, -0.2) is 39.6 Å². The number of hydrogen-bond acceptors (Lipinski definition) is 6. The molecule has 9 nitrogen and oxygen atoms in total. The van der Waals surface area contributed by atoms with Crippen molar-refractivity contribution in [3.8, 4) is 0 Å². The van der Waals surface area contributed by atoms with Crippen LogP contribution in [0.4, 0.5) is 5.69 Å². The maximum Gasteiger partial charge on any atom is 0.291 e. The average Bonchev–Trinajstić information content (AvgIpc) is 3.50. The maximum absolute atomic E-state index is 13.3. The van der Waals surface area contributed by atoms with Gasteiger partial charge in [-0.15, -0.1) is 11.3 Å². The first-order valence-corrected chi connectivity index (χ1v) is 12.7. The van der Waals surface area contributed by atoms with Gasteiger partial charge in [0.2, 0.25) is 0 Å². The first kappa shape index (κ1) is 19.3. The van der Waals surface area contributed by atoms with Gasteiger partial charge in [0.1, 0.15) is 10.5 Å². The molecule has 4 aromatic heterocycles. The average molecular weight is 466 g/mol. The van der Waals surface area contributed by atoms with Gasteiger partial charge in [-0.2, -0.15) is 10.2 Å². The molecular formula is C21H19N7O2S2. The monoisotopic (exact) mass is 465 g/mol. The SMILES string of the molecule is C=S1(=O)Cc2c(Cn3ncc4c5sc(Cc6ccn[nH]6)nc5n(C)c4c3=O)cccc2N1. The molecule has 162 valence electrons. The number of benzene rings is 1. The molecule has 6 rings (SSSR count). The van der Waals surface area contributed by atoms with E-state index in [2.05, 4.69) is 25.9 Å². The van der Waals surface area contributed by atoms with Crippen LogP contribution < -0.4 is 10.3 Å². The Balaban J connectivity index is 1.42. The molecule has 0 amide bonds. The molecule has 5 aromatic rings. The Kier molecular flexibility index (Phi) is 4.08. The second-order valence-electron chi connectivity index (χ2n) is 7.95. The lowest BCUT2D eigenvalue weighted by Crippen LogP contribution is -2.25. The summed E-state index contributed by atoms with van der Waals surface area (Å²) in [5, 5.41) is 13.1. The quantitative estimate of drug-likeness (QED) is 0.396. The number of aryl methyl sites for hydroxylation is 1. The van der Waals surface area contributed by atoms with Gasteiger partial charge in [0, 0.05) is 40.5 Å². The van der Waals surface area contributed by atoms with Gasteiger partial charge >= 0.3 is 0 Å². The lowest BCUT2D eigenvalue weighted by Gasteiger charge is -2.09. The molecular weight excluding hydrogens is 446 g/mol. The third kappa shape index (κ3) is 2.96. The molecule has 1 atom stereocenters. The minimum Gasteiger partial charge on any atom is -0.323 e. The van der Waals surface area contributed by atoms with Crippen molar-refractivity contribution in [3.63, 3.8) is 0 Å². The summed E-state index contributed by atoms with van der Waals surface area (Å²) in [6.07, 6.45) is 4.12. The summed E-state index contributed by atoms with van der Waals surface area (Å²) in [4.78, 5) is 18.1. The number of rotatable bonds is 4. The lowest BCUT2D eigenvalue weighted by atomic mass is 10.1. The zero-order valence-electron chi connectivity index (χ0n) is 17.2. The van der Waals surface area contributed by atoms with Crippen LogP contribution in [-0.2, 0) is 35.5 Å². The van der Waals surface area contributed by atoms with E-state index in [-0.39, 0.29) is 5.56 Å². The van der Waals surface area contributed by atoms with E-state index in [0.717, 1.165) is 43.2 Å². The largest absolute Gasteiger partial charge is 0.323 e. The normalized spacial score (nSPS) is 17.8. The van der Waals surface area contributed by atoms with E-state index >= 15 is 0 Å². The number of thiazole rings is 1. The Morgan fingerprint density at radius 3 is 3.00 bits per heavy atom. The van der Waals surface area contributed by atoms with Crippen LogP contribution in [0.3, 0.4) is 0 Å². The summed E-state index contributed by atoms with van der Waals surface area (Å²) < 4.78 is 19.6. The Bertz CT molecular complexity index is 1670. The highest BCUT2D eigenvalue weighted by atomic mass is 32.2. The third-order valence-electron chi connectivity index (χ3n) is 5.74. The van der Waals surface area contributed by atoms with Gasteiger partial charge in [-0.3, -0.25) is 9.89 Å². The fourth-order valence-electron chi connectivity index (χ4n) is 4.25. The van der Waals surface area contributed by atoms with Crippen LogP contribution in [0.5, 0.6) is 0 Å². The Labute approximate surface area is 186 Å². The van der Waals surface area contributed by atoms with Crippen molar-refractivity contribution in [2.24, 2.45) is 7.05 Å². The van der Waals surface area contributed by atoms with Crippen LogP contribution >= 0.6 is 11.3 Å². The molecule has 0 fully saturated rings. The summed E-state index contributed by atoms with van der Waals surface area (Å²) in [6, 6.07) is 7.63. The van der Waals surface area contributed by atoms with Gasteiger partial charge in [0.05, 0.1) is 28.9 Å². The van der Waals surface area contributed by atoms with Crippen molar-refractivity contribution in [2.45, 2.75) is 18.7 Å². The van der Waals surface area contributed by atoms with E-state index in [0.29, 0.717) is 24.2 Å². The number of hydrogen-bond donors (Lipinski definition) is 2. The number of aromatic amines is 1. The predicted molar refractivity (Wildman–Crippen MR) is 128 cm³/mol. The zero-order chi connectivity index (χ0) is 22.0. The first-order valence-electron chi connectivity index (χ1n) is 9.95. The Hall–Kier alpha value is -3.44. The number of nitrogens with zero attached hydrogens (tertiary/aromatic N) is 5. The number of anilines is 1. The summed E-state index contributed by atoms with van der Waals surface area (Å²) in [7, 11) is -0.520. The van der Waals surface area contributed by atoms with Crippen LogP contribution in [0, 0.1) is 0 Å². The Morgan fingerprint density at radius 1 is 1.31 bits per heavy atom. The van der Waals surface area contributed by atoms with E-state index in [1.54, 1.807) is 23.7 Å². The van der Waals surface area contributed by atoms with Crippen LogP contribution in [0.2, 0.25) is 0 Å². The maximum atomic E-state index is 13.3. The standard InChI is InChI=1S/C21H19N7O2S2/c1-27-18-14(19-20(27)24-17(31-19)8-13-6-7-22-25-13)9-23-28(21(18)29)10-12-4-3-5-16-15(12)11-32(2,30)26-16/h3-7,9H,2,8,10-11H2,1H3,(H,22,25)(H,26,30). The molecule has 1 aromatic carbocycles. The van der Waals surface area contributed by atoms with Gasteiger partial charge < -0.3 is 9.29 Å². The minimum atomic E-state index is -2.38. The minimum absolute atomic E-state index is 0.177.